The smallest absolute Gasteiger partial charge is 0.320 e. The quantitative estimate of drug-likeness (QED) is 0.790. The van der Waals surface area contributed by atoms with E-state index in [2.05, 4.69) is 15.9 Å². The third-order valence-corrected chi connectivity index (χ3v) is 3.20. The van der Waals surface area contributed by atoms with Gasteiger partial charge in [-0.05, 0) is 24.5 Å². The van der Waals surface area contributed by atoms with Gasteiger partial charge in [0.1, 0.15) is 6.04 Å². The summed E-state index contributed by atoms with van der Waals surface area (Å²) in [6.45, 7) is 1.83. The van der Waals surface area contributed by atoms with Crippen molar-refractivity contribution >= 4 is 27.7 Å². The number of rotatable bonds is 6. The molecule has 0 saturated heterocycles. The van der Waals surface area contributed by atoms with Crippen LogP contribution in [-0.4, -0.2) is 22.9 Å². The summed E-state index contributed by atoms with van der Waals surface area (Å²) in [5, 5.41) is 8.70. The fraction of sp³-hybridized carbons (Fsp3) is 0.385. The van der Waals surface area contributed by atoms with E-state index in [4.69, 9.17) is 10.8 Å². The van der Waals surface area contributed by atoms with E-state index in [0.717, 1.165) is 4.47 Å². The van der Waals surface area contributed by atoms with Crippen LogP contribution in [0.1, 0.15) is 30.1 Å². The number of ketones is 1. The molecule has 0 spiro atoms. The molecule has 98 valence electrons. The van der Waals surface area contributed by atoms with Crippen LogP contribution < -0.4 is 5.73 Å². The molecule has 0 aliphatic carbocycles. The molecule has 1 aromatic carbocycles. The van der Waals surface area contributed by atoms with E-state index in [1.165, 1.54) is 0 Å². The molecule has 0 aliphatic heterocycles. The van der Waals surface area contributed by atoms with Crippen LogP contribution in [0.3, 0.4) is 0 Å². The second kappa shape index (κ2) is 6.66. The van der Waals surface area contributed by atoms with Crippen molar-refractivity contribution in [1.29, 1.82) is 0 Å². The van der Waals surface area contributed by atoms with E-state index in [-0.39, 0.29) is 11.7 Å². The number of halogens is 1. The first kappa shape index (κ1) is 14.9. The number of carbonyl (C=O) groups excluding carboxylic acids is 1. The van der Waals surface area contributed by atoms with Crippen LogP contribution in [0, 0.1) is 5.92 Å². The standard InChI is InChI=1S/C13H16BrNO3/c1-8(6-11(15)13(17)18)7-12(16)9-2-4-10(14)5-3-9/h2-5,8,11H,6-7,15H2,1H3,(H,17,18)/t8?,11-/m0/s1. The van der Waals surface area contributed by atoms with Crippen LogP contribution in [0.2, 0.25) is 0 Å². The van der Waals surface area contributed by atoms with Gasteiger partial charge in [0.15, 0.2) is 5.78 Å². The molecule has 2 atom stereocenters. The van der Waals surface area contributed by atoms with Crippen LogP contribution in [0.15, 0.2) is 28.7 Å². The van der Waals surface area contributed by atoms with E-state index in [1.54, 1.807) is 24.3 Å². The highest BCUT2D eigenvalue weighted by Gasteiger charge is 2.18. The van der Waals surface area contributed by atoms with Crippen LogP contribution >= 0.6 is 15.9 Å². The molecule has 1 unspecified atom stereocenters. The Morgan fingerprint density at radius 1 is 1.33 bits per heavy atom. The molecule has 0 amide bonds. The Kier molecular flexibility index (Phi) is 5.50. The molecule has 3 N–H and O–H groups in total. The lowest BCUT2D eigenvalue weighted by Crippen LogP contribution is -2.32. The maximum atomic E-state index is 11.9. The van der Waals surface area contributed by atoms with Gasteiger partial charge in [0.05, 0.1) is 0 Å². The molecule has 0 saturated carbocycles. The summed E-state index contributed by atoms with van der Waals surface area (Å²) in [4.78, 5) is 22.5. The second-order valence-corrected chi connectivity index (χ2v) is 5.34. The highest BCUT2D eigenvalue weighted by molar-refractivity contribution is 9.10. The minimum Gasteiger partial charge on any atom is -0.480 e. The number of carbonyl (C=O) groups is 2. The van der Waals surface area contributed by atoms with Gasteiger partial charge in [0.2, 0.25) is 0 Å². The van der Waals surface area contributed by atoms with E-state index < -0.39 is 12.0 Å². The number of Topliss-reactive ketones (excluding diaryl/α,β-unsaturated/α-hetero) is 1. The number of carboxylic acid groups (broad SMARTS) is 1. The maximum absolute atomic E-state index is 11.9. The van der Waals surface area contributed by atoms with Crippen molar-refractivity contribution < 1.29 is 14.7 Å². The minimum atomic E-state index is -1.03. The fourth-order valence-corrected chi connectivity index (χ4v) is 1.95. The van der Waals surface area contributed by atoms with Crippen molar-refractivity contribution in [2.75, 3.05) is 0 Å². The van der Waals surface area contributed by atoms with Crippen molar-refractivity contribution in [2.24, 2.45) is 11.7 Å². The van der Waals surface area contributed by atoms with E-state index in [1.807, 2.05) is 6.92 Å². The largest absolute Gasteiger partial charge is 0.480 e. The van der Waals surface area contributed by atoms with Gasteiger partial charge in [-0.2, -0.15) is 0 Å². The first-order valence-electron chi connectivity index (χ1n) is 5.67. The van der Waals surface area contributed by atoms with E-state index in [0.29, 0.717) is 18.4 Å². The van der Waals surface area contributed by atoms with Crippen molar-refractivity contribution in [3.63, 3.8) is 0 Å². The predicted molar refractivity (Wildman–Crippen MR) is 72.5 cm³/mol. The summed E-state index contributed by atoms with van der Waals surface area (Å²) < 4.78 is 0.917. The van der Waals surface area contributed by atoms with E-state index in [9.17, 15) is 9.59 Å². The summed E-state index contributed by atoms with van der Waals surface area (Å²) in [6.07, 6.45) is 0.611. The fourth-order valence-electron chi connectivity index (χ4n) is 1.69. The zero-order chi connectivity index (χ0) is 13.7. The van der Waals surface area contributed by atoms with Gasteiger partial charge in [-0.3, -0.25) is 9.59 Å². The molecule has 1 rings (SSSR count). The Bertz CT molecular complexity index is 430. The summed E-state index contributed by atoms with van der Waals surface area (Å²) in [5.74, 6) is -1.07. The first-order valence-corrected chi connectivity index (χ1v) is 6.46. The lowest BCUT2D eigenvalue weighted by Gasteiger charge is -2.13. The minimum absolute atomic E-state index is 0.00703. The Morgan fingerprint density at radius 3 is 2.39 bits per heavy atom. The molecule has 4 nitrogen and oxygen atoms in total. The van der Waals surface area contributed by atoms with Gasteiger partial charge in [-0.25, -0.2) is 0 Å². The average molecular weight is 314 g/mol. The normalized spacial score (nSPS) is 13.9. The third kappa shape index (κ3) is 4.58. The van der Waals surface area contributed by atoms with Crippen LogP contribution in [0.5, 0.6) is 0 Å². The summed E-state index contributed by atoms with van der Waals surface area (Å²) in [6, 6.07) is 6.20. The monoisotopic (exact) mass is 313 g/mol. The van der Waals surface area contributed by atoms with Crippen LogP contribution in [0.25, 0.3) is 0 Å². The Balaban J connectivity index is 2.54. The molecule has 0 fully saturated rings. The van der Waals surface area contributed by atoms with Gasteiger partial charge in [0, 0.05) is 16.5 Å². The number of nitrogens with two attached hydrogens (primary N) is 1. The maximum Gasteiger partial charge on any atom is 0.320 e. The number of hydrogen-bond donors (Lipinski definition) is 2. The Hall–Kier alpha value is -1.20. The summed E-state index contributed by atoms with van der Waals surface area (Å²) in [7, 11) is 0. The molecule has 0 bridgehead atoms. The summed E-state index contributed by atoms with van der Waals surface area (Å²) in [5.41, 5.74) is 6.07. The van der Waals surface area contributed by atoms with E-state index >= 15 is 0 Å². The Labute approximate surface area is 114 Å². The number of carboxylic acids is 1. The number of hydrogen-bond acceptors (Lipinski definition) is 3. The van der Waals surface area contributed by atoms with Gasteiger partial charge in [-0.15, -0.1) is 0 Å². The number of aliphatic carboxylic acids is 1. The lowest BCUT2D eigenvalue weighted by molar-refractivity contribution is -0.138. The van der Waals surface area contributed by atoms with Crippen LogP contribution in [-0.2, 0) is 4.79 Å². The van der Waals surface area contributed by atoms with Crippen molar-refractivity contribution in [3.05, 3.63) is 34.3 Å². The molecule has 0 radical (unpaired) electrons. The highest BCUT2D eigenvalue weighted by atomic mass is 79.9. The lowest BCUT2D eigenvalue weighted by atomic mass is 9.94. The third-order valence-electron chi connectivity index (χ3n) is 2.67. The molecular formula is C13H16BrNO3. The predicted octanol–water partition coefficient (Wildman–Crippen LogP) is 2.46. The molecule has 0 heterocycles. The summed E-state index contributed by atoms with van der Waals surface area (Å²) >= 11 is 3.30. The first-order chi connectivity index (χ1) is 8.40. The molecule has 0 aliphatic rings. The van der Waals surface area contributed by atoms with Crippen molar-refractivity contribution in [1.82, 2.24) is 0 Å². The van der Waals surface area contributed by atoms with Gasteiger partial charge >= 0.3 is 5.97 Å². The average Bonchev–Trinajstić information content (AvgIpc) is 2.29. The molecule has 5 heteroatoms. The van der Waals surface area contributed by atoms with Crippen molar-refractivity contribution in [3.8, 4) is 0 Å². The van der Waals surface area contributed by atoms with Gasteiger partial charge < -0.3 is 10.8 Å². The highest BCUT2D eigenvalue weighted by Crippen LogP contribution is 2.16. The zero-order valence-electron chi connectivity index (χ0n) is 10.1. The van der Waals surface area contributed by atoms with Crippen LogP contribution in [0.4, 0.5) is 0 Å². The Morgan fingerprint density at radius 2 is 1.89 bits per heavy atom. The van der Waals surface area contributed by atoms with Crippen molar-refractivity contribution in [2.45, 2.75) is 25.8 Å². The SMILES string of the molecule is CC(CC(=O)c1ccc(Br)cc1)C[C@H](N)C(=O)O. The topological polar surface area (TPSA) is 80.4 Å². The second-order valence-electron chi connectivity index (χ2n) is 4.42. The molecule has 18 heavy (non-hydrogen) atoms. The molecule has 0 aromatic heterocycles. The molecular weight excluding hydrogens is 298 g/mol. The number of benzene rings is 1. The van der Waals surface area contributed by atoms with Gasteiger partial charge in [-0.1, -0.05) is 35.0 Å². The molecule has 1 aromatic rings. The van der Waals surface area contributed by atoms with Gasteiger partial charge in [0.25, 0.3) is 0 Å². The zero-order valence-corrected chi connectivity index (χ0v) is 11.7.